The van der Waals surface area contributed by atoms with Gasteiger partial charge >= 0.3 is 0 Å². The molecule has 2 heterocycles. The molecule has 0 spiro atoms. The molecular weight excluding hydrogens is 240 g/mol. The molecule has 0 atom stereocenters. The number of halogens is 1. The van der Waals surface area contributed by atoms with Crippen LogP contribution in [0.2, 0.25) is 0 Å². The van der Waals surface area contributed by atoms with E-state index in [0.717, 1.165) is 21.9 Å². The molecule has 12 heavy (non-hydrogen) atoms. The summed E-state index contributed by atoms with van der Waals surface area (Å²) >= 11 is 4.41. The molecule has 1 aromatic heterocycles. The number of fused-ring (bicyclic) bond motifs is 1. The van der Waals surface area contributed by atoms with Crippen LogP contribution < -0.4 is 5.32 Å². The summed E-state index contributed by atoms with van der Waals surface area (Å²) in [6.45, 7) is 0.371. The number of rotatable bonds is 0. The van der Waals surface area contributed by atoms with Crippen LogP contribution in [0.15, 0.2) is 15.6 Å². The van der Waals surface area contributed by atoms with Gasteiger partial charge in [-0.15, -0.1) is 0 Å². The Labute approximate surface area is 82.1 Å². The van der Waals surface area contributed by atoms with Crippen molar-refractivity contribution >= 4 is 38.5 Å². The van der Waals surface area contributed by atoms with E-state index in [2.05, 4.69) is 32.4 Å². The van der Waals surface area contributed by atoms with E-state index in [4.69, 9.17) is 0 Å². The lowest BCUT2D eigenvalue weighted by atomic mass is 10.4. The van der Waals surface area contributed by atoms with Crippen LogP contribution in [0.3, 0.4) is 0 Å². The summed E-state index contributed by atoms with van der Waals surface area (Å²) in [6, 6.07) is 1.86. The highest BCUT2D eigenvalue weighted by atomic mass is 79.9. The molecule has 0 saturated heterocycles. The number of nitrogens with zero attached hydrogens (tertiary/aromatic N) is 1. The van der Waals surface area contributed by atoms with Gasteiger partial charge in [0, 0.05) is 4.47 Å². The molecule has 0 aliphatic carbocycles. The molecule has 0 saturated carbocycles. The van der Waals surface area contributed by atoms with Crippen molar-refractivity contribution < 1.29 is 4.79 Å². The Morgan fingerprint density at radius 3 is 3.42 bits per heavy atom. The van der Waals surface area contributed by atoms with Crippen molar-refractivity contribution in [1.82, 2.24) is 4.98 Å². The van der Waals surface area contributed by atoms with Gasteiger partial charge in [-0.1, -0.05) is 0 Å². The number of carbonyl (C=O) groups excluding carboxylic acids is 1. The summed E-state index contributed by atoms with van der Waals surface area (Å²) < 4.78 is 0.795. The Morgan fingerprint density at radius 1 is 1.75 bits per heavy atom. The van der Waals surface area contributed by atoms with E-state index in [-0.39, 0.29) is 5.12 Å². The first-order valence-electron chi connectivity index (χ1n) is 3.28. The molecule has 0 amide bonds. The average molecular weight is 244 g/mol. The number of thioether (sulfide) groups is 1. The average Bonchev–Trinajstić information content (AvgIpc) is 2.05. The molecule has 1 aliphatic rings. The lowest BCUT2D eigenvalue weighted by molar-refractivity contribution is -0.109. The monoisotopic (exact) mass is 243 g/mol. The van der Waals surface area contributed by atoms with Crippen LogP contribution in [-0.2, 0) is 4.79 Å². The SMILES string of the molecule is O=C1CNc2cc(Br)[c]nc2S1. The molecule has 0 aromatic carbocycles. The number of pyridine rings is 1. The molecule has 1 N–H and O–H groups in total. The summed E-state index contributed by atoms with van der Waals surface area (Å²) in [4.78, 5) is 14.9. The van der Waals surface area contributed by atoms with Crippen LogP contribution in [0, 0.1) is 6.20 Å². The minimum Gasteiger partial charge on any atom is -0.375 e. The largest absolute Gasteiger partial charge is 0.375 e. The fraction of sp³-hybridized carbons (Fsp3) is 0.143. The summed E-state index contributed by atoms with van der Waals surface area (Å²) in [5.41, 5.74) is 0.894. The zero-order chi connectivity index (χ0) is 8.55. The Morgan fingerprint density at radius 2 is 2.58 bits per heavy atom. The van der Waals surface area contributed by atoms with Crippen molar-refractivity contribution in [1.29, 1.82) is 0 Å². The lowest BCUT2D eigenvalue weighted by Gasteiger charge is -2.14. The number of hydrogen-bond donors (Lipinski definition) is 1. The van der Waals surface area contributed by atoms with Crippen molar-refractivity contribution in [3.05, 3.63) is 16.7 Å². The maximum atomic E-state index is 10.9. The molecule has 1 aromatic rings. The second kappa shape index (κ2) is 3.06. The summed E-state index contributed by atoms with van der Waals surface area (Å²) in [6.07, 6.45) is 2.73. The standard InChI is InChI=1S/C7H4BrN2OS/c8-4-1-5-7(10-2-4)12-6(11)3-9-5/h1,9H,3H2. The van der Waals surface area contributed by atoms with Crippen molar-refractivity contribution in [2.24, 2.45) is 0 Å². The Hall–Kier alpha value is -0.550. The molecule has 3 nitrogen and oxygen atoms in total. The van der Waals surface area contributed by atoms with E-state index in [0.29, 0.717) is 11.6 Å². The summed E-state index contributed by atoms with van der Waals surface area (Å²) in [5, 5.41) is 3.76. The highest BCUT2D eigenvalue weighted by Gasteiger charge is 2.16. The van der Waals surface area contributed by atoms with Crippen LogP contribution in [0.5, 0.6) is 0 Å². The molecule has 0 bridgehead atoms. The maximum absolute atomic E-state index is 10.9. The third kappa shape index (κ3) is 1.47. The second-order valence-corrected chi connectivity index (χ2v) is 4.16. The number of hydrogen-bond acceptors (Lipinski definition) is 4. The zero-order valence-corrected chi connectivity index (χ0v) is 8.33. The third-order valence-electron chi connectivity index (χ3n) is 1.40. The van der Waals surface area contributed by atoms with Crippen LogP contribution >= 0.6 is 27.7 Å². The van der Waals surface area contributed by atoms with E-state index in [1.54, 1.807) is 0 Å². The van der Waals surface area contributed by atoms with Crippen LogP contribution in [-0.4, -0.2) is 16.6 Å². The molecule has 1 radical (unpaired) electrons. The van der Waals surface area contributed by atoms with E-state index in [1.165, 1.54) is 0 Å². The van der Waals surface area contributed by atoms with Gasteiger partial charge in [0.05, 0.1) is 12.2 Å². The molecule has 2 rings (SSSR count). The Balaban J connectivity index is 2.43. The van der Waals surface area contributed by atoms with Gasteiger partial charge in [-0.2, -0.15) is 0 Å². The molecule has 61 valence electrons. The fourth-order valence-electron chi connectivity index (χ4n) is 0.901. The first-order valence-corrected chi connectivity index (χ1v) is 4.89. The smallest absolute Gasteiger partial charge is 0.214 e. The first kappa shape index (κ1) is 8.07. The minimum atomic E-state index is 0.0886. The van der Waals surface area contributed by atoms with E-state index in [9.17, 15) is 4.79 Å². The van der Waals surface area contributed by atoms with Crippen LogP contribution in [0.25, 0.3) is 0 Å². The van der Waals surface area contributed by atoms with Gasteiger partial charge in [-0.25, -0.2) is 4.98 Å². The van der Waals surface area contributed by atoms with Gasteiger partial charge < -0.3 is 5.32 Å². The molecule has 0 unspecified atom stereocenters. The van der Waals surface area contributed by atoms with E-state index >= 15 is 0 Å². The molecular formula is C7H4BrN2OS. The highest BCUT2D eigenvalue weighted by molar-refractivity contribution is 9.10. The molecule has 0 fully saturated rings. The van der Waals surface area contributed by atoms with Crippen LogP contribution in [0.1, 0.15) is 0 Å². The van der Waals surface area contributed by atoms with Gasteiger partial charge in [-0.3, -0.25) is 4.79 Å². The predicted molar refractivity (Wildman–Crippen MR) is 50.1 cm³/mol. The topological polar surface area (TPSA) is 42.0 Å². The molecule has 5 heteroatoms. The van der Waals surface area contributed by atoms with E-state index in [1.807, 2.05) is 6.07 Å². The van der Waals surface area contributed by atoms with Crippen LogP contribution in [0.4, 0.5) is 5.69 Å². The quantitative estimate of drug-likeness (QED) is 0.754. The fourth-order valence-corrected chi connectivity index (χ4v) is 1.91. The lowest BCUT2D eigenvalue weighted by Crippen LogP contribution is -2.16. The maximum Gasteiger partial charge on any atom is 0.214 e. The zero-order valence-electron chi connectivity index (χ0n) is 5.93. The van der Waals surface area contributed by atoms with Gasteiger partial charge in [-0.05, 0) is 33.8 Å². The third-order valence-corrected chi connectivity index (χ3v) is 2.68. The second-order valence-electron chi connectivity index (χ2n) is 2.26. The minimum absolute atomic E-state index is 0.0886. The van der Waals surface area contributed by atoms with Gasteiger partial charge in [0.15, 0.2) is 0 Å². The number of carbonyl (C=O) groups is 1. The van der Waals surface area contributed by atoms with Crippen molar-refractivity contribution in [2.45, 2.75) is 5.03 Å². The summed E-state index contributed by atoms with van der Waals surface area (Å²) in [5.74, 6) is 0. The van der Waals surface area contributed by atoms with Gasteiger partial charge in [0.2, 0.25) is 5.12 Å². The van der Waals surface area contributed by atoms with Gasteiger partial charge in [0.25, 0.3) is 0 Å². The van der Waals surface area contributed by atoms with Crippen molar-refractivity contribution in [3.63, 3.8) is 0 Å². The Kier molecular flexibility index (Phi) is 2.06. The number of nitrogens with one attached hydrogen (secondary N) is 1. The number of aromatic nitrogens is 1. The highest BCUT2D eigenvalue weighted by Crippen LogP contribution is 2.30. The first-order chi connectivity index (χ1) is 5.75. The van der Waals surface area contributed by atoms with E-state index < -0.39 is 0 Å². The van der Waals surface area contributed by atoms with Crippen molar-refractivity contribution in [3.8, 4) is 0 Å². The predicted octanol–water partition coefficient (Wildman–Crippen LogP) is 1.69. The molecule has 1 aliphatic heterocycles. The summed E-state index contributed by atoms with van der Waals surface area (Å²) in [7, 11) is 0. The van der Waals surface area contributed by atoms with Crippen molar-refractivity contribution in [2.75, 3.05) is 11.9 Å². The Bertz CT molecular complexity index is 342. The van der Waals surface area contributed by atoms with Gasteiger partial charge in [0.1, 0.15) is 11.2 Å². The normalized spacial score (nSPS) is 15.2. The number of anilines is 1.